The first-order valence-corrected chi connectivity index (χ1v) is 6.20. The summed E-state index contributed by atoms with van der Waals surface area (Å²) in [5.74, 6) is -0.0548. The van der Waals surface area contributed by atoms with Crippen molar-refractivity contribution >= 4 is 11.9 Å². The van der Waals surface area contributed by atoms with Crippen molar-refractivity contribution in [3.05, 3.63) is 23.8 Å². The largest absolute Gasteiger partial charge is 0.469 e. The Morgan fingerprint density at radius 1 is 1.20 bits per heavy atom. The van der Waals surface area contributed by atoms with Gasteiger partial charge in [0, 0.05) is 6.42 Å². The summed E-state index contributed by atoms with van der Waals surface area (Å²) in [6.45, 7) is 0.170. The van der Waals surface area contributed by atoms with E-state index in [1.807, 2.05) is 0 Å². The van der Waals surface area contributed by atoms with Gasteiger partial charge in [0.1, 0.15) is 0 Å². The van der Waals surface area contributed by atoms with E-state index in [0.29, 0.717) is 17.9 Å². The zero-order valence-electron chi connectivity index (χ0n) is 11.4. The van der Waals surface area contributed by atoms with Crippen LogP contribution in [0.2, 0.25) is 0 Å². The molecule has 20 heavy (non-hydrogen) atoms. The fourth-order valence-corrected chi connectivity index (χ4v) is 2.06. The second-order valence-electron chi connectivity index (χ2n) is 4.30. The van der Waals surface area contributed by atoms with Crippen LogP contribution in [0, 0.1) is 0 Å². The lowest BCUT2D eigenvalue weighted by Gasteiger charge is -2.14. The third kappa shape index (κ3) is 3.01. The van der Waals surface area contributed by atoms with Crippen molar-refractivity contribution in [3.63, 3.8) is 0 Å². The molecule has 0 spiro atoms. The van der Waals surface area contributed by atoms with Crippen molar-refractivity contribution in [2.45, 2.75) is 18.8 Å². The van der Waals surface area contributed by atoms with E-state index in [-0.39, 0.29) is 19.2 Å². The second kappa shape index (κ2) is 6.27. The Labute approximate surface area is 116 Å². The number of rotatable bonds is 5. The number of ether oxygens (including phenoxy) is 4. The number of carbonyl (C=O) groups is 2. The summed E-state index contributed by atoms with van der Waals surface area (Å²) < 4.78 is 19.9. The fraction of sp³-hybridized carbons (Fsp3) is 0.429. The van der Waals surface area contributed by atoms with Crippen molar-refractivity contribution in [1.82, 2.24) is 0 Å². The van der Waals surface area contributed by atoms with Crippen LogP contribution >= 0.6 is 0 Å². The molecule has 108 valence electrons. The number of hydrogen-bond acceptors (Lipinski definition) is 6. The zero-order valence-corrected chi connectivity index (χ0v) is 11.4. The average Bonchev–Trinajstić information content (AvgIpc) is 2.94. The minimum Gasteiger partial charge on any atom is -0.469 e. The molecular formula is C14H16O6. The summed E-state index contributed by atoms with van der Waals surface area (Å²) in [4.78, 5) is 23.1. The molecule has 0 bridgehead atoms. The smallest absolute Gasteiger partial charge is 0.313 e. The van der Waals surface area contributed by atoms with Gasteiger partial charge in [0.05, 0.1) is 20.1 Å². The van der Waals surface area contributed by atoms with E-state index in [9.17, 15) is 9.59 Å². The maximum Gasteiger partial charge on any atom is 0.313 e. The molecule has 0 N–H and O–H groups in total. The van der Waals surface area contributed by atoms with Crippen molar-refractivity contribution in [3.8, 4) is 11.5 Å². The average molecular weight is 280 g/mol. The van der Waals surface area contributed by atoms with Crippen LogP contribution in [0.15, 0.2) is 18.2 Å². The Balaban J connectivity index is 2.17. The van der Waals surface area contributed by atoms with Crippen LogP contribution < -0.4 is 9.47 Å². The Morgan fingerprint density at radius 3 is 2.65 bits per heavy atom. The van der Waals surface area contributed by atoms with Gasteiger partial charge >= 0.3 is 11.9 Å². The first-order chi connectivity index (χ1) is 9.65. The molecule has 0 aliphatic carbocycles. The number of esters is 2. The molecule has 1 atom stereocenters. The maximum absolute atomic E-state index is 11.9. The predicted molar refractivity (Wildman–Crippen MR) is 68.6 cm³/mol. The molecule has 2 rings (SSSR count). The molecule has 0 amide bonds. The van der Waals surface area contributed by atoms with Gasteiger partial charge in [-0.05, 0) is 24.1 Å². The van der Waals surface area contributed by atoms with Crippen molar-refractivity contribution in [1.29, 1.82) is 0 Å². The molecule has 0 radical (unpaired) electrons. The highest BCUT2D eigenvalue weighted by molar-refractivity contribution is 5.79. The first kappa shape index (κ1) is 14.2. The lowest BCUT2D eigenvalue weighted by atomic mass is 9.94. The molecule has 1 aliphatic heterocycles. The van der Waals surface area contributed by atoms with Gasteiger partial charge in [-0.3, -0.25) is 9.59 Å². The lowest BCUT2D eigenvalue weighted by Crippen LogP contribution is -2.16. The summed E-state index contributed by atoms with van der Waals surface area (Å²) in [5.41, 5.74) is 0.727. The summed E-state index contributed by atoms with van der Waals surface area (Å²) >= 11 is 0. The third-order valence-electron chi connectivity index (χ3n) is 3.15. The van der Waals surface area contributed by atoms with E-state index in [1.165, 1.54) is 14.2 Å². The Morgan fingerprint density at radius 2 is 1.95 bits per heavy atom. The molecule has 0 unspecified atom stereocenters. The van der Waals surface area contributed by atoms with Crippen LogP contribution in [0.25, 0.3) is 0 Å². The van der Waals surface area contributed by atoms with Gasteiger partial charge in [0.15, 0.2) is 11.5 Å². The van der Waals surface area contributed by atoms with Crippen molar-refractivity contribution in [2.24, 2.45) is 0 Å². The molecular weight excluding hydrogens is 264 g/mol. The molecule has 1 aromatic carbocycles. The normalized spacial score (nSPS) is 13.7. The number of fused-ring (bicyclic) bond motifs is 1. The van der Waals surface area contributed by atoms with Crippen LogP contribution in [0.4, 0.5) is 0 Å². The molecule has 1 aliphatic rings. The Hall–Kier alpha value is -2.24. The molecule has 0 saturated carbocycles. The highest BCUT2D eigenvalue weighted by Gasteiger charge is 2.25. The minimum atomic E-state index is -0.534. The van der Waals surface area contributed by atoms with Crippen LogP contribution in [0.1, 0.15) is 24.3 Å². The van der Waals surface area contributed by atoms with E-state index in [4.69, 9.17) is 14.2 Å². The van der Waals surface area contributed by atoms with Gasteiger partial charge in [-0.25, -0.2) is 0 Å². The van der Waals surface area contributed by atoms with Gasteiger partial charge in [-0.1, -0.05) is 6.07 Å². The van der Waals surface area contributed by atoms with Crippen molar-refractivity contribution < 1.29 is 28.5 Å². The molecule has 6 nitrogen and oxygen atoms in total. The van der Waals surface area contributed by atoms with Gasteiger partial charge in [0.25, 0.3) is 0 Å². The van der Waals surface area contributed by atoms with E-state index < -0.39 is 11.9 Å². The predicted octanol–water partition coefficient (Wildman–Crippen LogP) is 1.63. The van der Waals surface area contributed by atoms with Gasteiger partial charge in [0.2, 0.25) is 6.79 Å². The third-order valence-corrected chi connectivity index (χ3v) is 3.15. The zero-order chi connectivity index (χ0) is 14.5. The van der Waals surface area contributed by atoms with Crippen LogP contribution in [-0.2, 0) is 19.1 Å². The molecule has 0 fully saturated rings. The molecule has 0 saturated heterocycles. The quantitative estimate of drug-likeness (QED) is 0.763. The summed E-state index contributed by atoms with van der Waals surface area (Å²) in [6, 6.07) is 5.25. The Kier molecular flexibility index (Phi) is 4.45. The number of carbonyl (C=O) groups excluding carboxylic acids is 2. The van der Waals surface area contributed by atoms with Crippen molar-refractivity contribution in [2.75, 3.05) is 21.0 Å². The maximum atomic E-state index is 11.9. The molecule has 1 heterocycles. The minimum absolute atomic E-state index is 0.144. The fourth-order valence-electron chi connectivity index (χ4n) is 2.06. The van der Waals surface area contributed by atoms with Gasteiger partial charge in [-0.15, -0.1) is 0 Å². The highest BCUT2D eigenvalue weighted by Crippen LogP contribution is 2.36. The summed E-state index contributed by atoms with van der Waals surface area (Å²) in [5, 5.41) is 0. The monoisotopic (exact) mass is 280 g/mol. The standard InChI is InChI=1S/C14H16O6/c1-17-13(15)6-4-10(14(16)18-2)9-3-5-11-12(7-9)20-8-19-11/h3,5,7,10H,4,6,8H2,1-2H3/t10-/m0/s1. The van der Waals surface area contributed by atoms with Crippen LogP contribution in [0.3, 0.4) is 0 Å². The SMILES string of the molecule is COC(=O)CC[C@H](C(=O)OC)c1ccc2c(c1)OCO2. The lowest BCUT2D eigenvalue weighted by molar-refractivity contribution is -0.143. The van der Waals surface area contributed by atoms with E-state index in [1.54, 1.807) is 18.2 Å². The second-order valence-corrected chi connectivity index (χ2v) is 4.30. The molecule has 0 aromatic heterocycles. The Bertz CT molecular complexity index is 510. The van der Waals surface area contributed by atoms with E-state index in [2.05, 4.69) is 4.74 Å². The number of methoxy groups -OCH3 is 2. The first-order valence-electron chi connectivity index (χ1n) is 6.20. The summed E-state index contributed by atoms with van der Waals surface area (Å²) in [6.07, 6.45) is 0.462. The van der Waals surface area contributed by atoms with E-state index >= 15 is 0 Å². The number of hydrogen-bond donors (Lipinski definition) is 0. The van der Waals surface area contributed by atoms with Crippen LogP contribution in [0.5, 0.6) is 11.5 Å². The molecule has 1 aromatic rings. The summed E-state index contributed by atoms with van der Waals surface area (Å²) in [7, 11) is 2.64. The van der Waals surface area contributed by atoms with Gasteiger partial charge in [-0.2, -0.15) is 0 Å². The molecule has 6 heteroatoms. The number of benzene rings is 1. The van der Waals surface area contributed by atoms with Crippen LogP contribution in [-0.4, -0.2) is 33.0 Å². The van der Waals surface area contributed by atoms with Gasteiger partial charge < -0.3 is 18.9 Å². The highest BCUT2D eigenvalue weighted by atomic mass is 16.7. The van der Waals surface area contributed by atoms with E-state index in [0.717, 1.165) is 5.56 Å². The topological polar surface area (TPSA) is 71.1 Å².